The molecule has 3 nitrogen and oxygen atoms in total. The van der Waals surface area contributed by atoms with E-state index in [1.54, 1.807) is 12.3 Å². The van der Waals surface area contributed by atoms with Crippen molar-refractivity contribution in [1.82, 2.24) is 4.98 Å². The zero-order valence-corrected chi connectivity index (χ0v) is 13.8. The van der Waals surface area contributed by atoms with Crippen molar-refractivity contribution in [2.75, 3.05) is 11.4 Å². The molecule has 6 heteroatoms. The van der Waals surface area contributed by atoms with Crippen LogP contribution in [0.25, 0.3) is 0 Å². The molecular formula is C14H11Br2FN2O. The highest BCUT2D eigenvalue weighted by atomic mass is 79.9. The third-order valence-electron chi connectivity index (χ3n) is 2.71. The number of pyridine rings is 1. The van der Waals surface area contributed by atoms with E-state index in [9.17, 15) is 9.18 Å². The smallest absolute Gasteiger partial charge is 0.260 e. The summed E-state index contributed by atoms with van der Waals surface area (Å²) in [6.45, 7) is 2.33. The van der Waals surface area contributed by atoms with E-state index >= 15 is 0 Å². The Morgan fingerprint density at radius 1 is 1.30 bits per heavy atom. The van der Waals surface area contributed by atoms with E-state index in [0.29, 0.717) is 22.4 Å². The third-order valence-corrected chi connectivity index (χ3v) is 3.84. The lowest BCUT2D eigenvalue weighted by atomic mass is 10.2. The molecule has 104 valence electrons. The molecule has 1 amide bonds. The van der Waals surface area contributed by atoms with Crippen molar-refractivity contribution < 1.29 is 9.18 Å². The molecule has 0 aliphatic rings. The number of anilines is 1. The minimum atomic E-state index is -0.391. The van der Waals surface area contributed by atoms with Crippen LogP contribution in [0.4, 0.5) is 10.2 Å². The average molecular weight is 402 g/mol. The van der Waals surface area contributed by atoms with E-state index in [0.717, 1.165) is 4.47 Å². The zero-order valence-electron chi connectivity index (χ0n) is 10.6. The number of rotatable bonds is 3. The van der Waals surface area contributed by atoms with Crippen LogP contribution in [0.3, 0.4) is 0 Å². The van der Waals surface area contributed by atoms with E-state index in [1.165, 1.54) is 23.1 Å². The molecule has 0 radical (unpaired) electrons. The molecule has 1 aromatic carbocycles. The van der Waals surface area contributed by atoms with E-state index in [4.69, 9.17) is 0 Å². The summed E-state index contributed by atoms with van der Waals surface area (Å²) in [6, 6.07) is 7.57. The predicted octanol–water partition coefficient (Wildman–Crippen LogP) is 4.41. The van der Waals surface area contributed by atoms with Crippen LogP contribution >= 0.6 is 31.9 Å². The summed E-state index contributed by atoms with van der Waals surface area (Å²) in [5, 5.41) is 0. The second kappa shape index (κ2) is 6.45. The maximum atomic E-state index is 13.1. The normalized spacial score (nSPS) is 10.4. The minimum absolute atomic E-state index is 0.228. The molecule has 0 spiro atoms. The van der Waals surface area contributed by atoms with Gasteiger partial charge in [-0.2, -0.15) is 0 Å². The Labute approximate surface area is 133 Å². The quantitative estimate of drug-likeness (QED) is 0.762. The van der Waals surface area contributed by atoms with Crippen LogP contribution in [-0.4, -0.2) is 17.4 Å². The van der Waals surface area contributed by atoms with E-state index in [2.05, 4.69) is 36.8 Å². The van der Waals surface area contributed by atoms with Crippen LogP contribution in [0.1, 0.15) is 17.3 Å². The van der Waals surface area contributed by atoms with Gasteiger partial charge in [-0.1, -0.05) is 0 Å². The largest absolute Gasteiger partial charge is 0.293 e. The number of carbonyl (C=O) groups excluding carboxylic acids is 1. The molecule has 1 heterocycles. The summed E-state index contributed by atoms with van der Waals surface area (Å²) >= 11 is 6.52. The van der Waals surface area contributed by atoms with Gasteiger partial charge >= 0.3 is 0 Å². The lowest BCUT2D eigenvalue weighted by molar-refractivity contribution is 0.0987. The molecule has 0 saturated carbocycles. The van der Waals surface area contributed by atoms with Crippen LogP contribution in [0.15, 0.2) is 45.5 Å². The summed E-state index contributed by atoms with van der Waals surface area (Å²) in [5.41, 5.74) is 0.401. The molecule has 1 aromatic heterocycles. The highest BCUT2D eigenvalue weighted by Gasteiger charge is 2.19. The number of hydrogen-bond donors (Lipinski definition) is 0. The fourth-order valence-electron chi connectivity index (χ4n) is 1.75. The minimum Gasteiger partial charge on any atom is -0.293 e. The topological polar surface area (TPSA) is 33.2 Å². The summed E-state index contributed by atoms with van der Waals surface area (Å²) in [5.74, 6) is -0.0654. The van der Waals surface area contributed by atoms with E-state index < -0.39 is 5.82 Å². The number of hydrogen-bond acceptors (Lipinski definition) is 2. The second-order valence-electron chi connectivity index (χ2n) is 4.01. The molecule has 0 atom stereocenters. The van der Waals surface area contributed by atoms with Gasteiger partial charge in [0.2, 0.25) is 0 Å². The van der Waals surface area contributed by atoms with Gasteiger partial charge in [0.15, 0.2) is 0 Å². The Bertz CT molecular complexity index is 632. The Balaban J connectivity index is 2.36. The standard InChI is InChI=1S/C14H11Br2FN2O/c1-2-19(13-6-3-9(15)8-18-13)14(20)11-5-4-10(17)7-12(11)16/h3-8H,2H2,1H3. The highest BCUT2D eigenvalue weighted by molar-refractivity contribution is 9.10. The number of nitrogens with zero attached hydrogens (tertiary/aromatic N) is 2. The van der Waals surface area contributed by atoms with E-state index in [1.807, 2.05) is 13.0 Å². The number of carbonyl (C=O) groups is 1. The Hall–Kier alpha value is -1.27. The van der Waals surface area contributed by atoms with Crippen molar-refractivity contribution in [3.63, 3.8) is 0 Å². The maximum absolute atomic E-state index is 13.1. The first kappa shape index (κ1) is 15.1. The fraction of sp³-hybridized carbons (Fsp3) is 0.143. The summed E-state index contributed by atoms with van der Waals surface area (Å²) < 4.78 is 14.4. The average Bonchev–Trinajstić information content (AvgIpc) is 2.41. The van der Waals surface area contributed by atoms with Gasteiger partial charge in [0.1, 0.15) is 11.6 Å². The van der Waals surface area contributed by atoms with Crippen LogP contribution in [0.5, 0.6) is 0 Å². The second-order valence-corrected chi connectivity index (χ2v) is 5.78. The van der Waals surface area contributed by atoms with Gasteiger partial charge in [-0.15, -0.1) is 0 Å². The van der Waals surface area contributed by atoms with Gasteiger partial charge in [-0.05, 0) is 69.1 Å². The lowest BCUT2D eigenvalue weighted by Crippen LogP contribution is -2.31. The number of halogens is 3. The van der Waals surface area contributed by atoms with Gasteiger partial charge < -0.3 is 0 Å². The molecule has 0 aliphatic heterocycles. The fourth-order valence-corrected chi connectivity index (χ4v) is 2.50. The Kier molecular flexibility index (Phi) is 4.88. The lowest BCUT2D eigenvalue weighted by Gasteiger charge is -2.20. The molecule has 2 aromatic rings. The number of benzene rings is 1. The van der Waals surface area contributed by atoms with Gasteiger partial charge in [-0.3, -0.25) is 9.69 Å². The first-order valence-corrected chi connectivity index (χ1v) is 7.50. The van der Waals surface area contributed by atoms with E-state index in [-0.39, 0.29) is 5.91 Å². The number of aromatic nitrogens is 1. The highest BCUT2D eigenvalue weighted by Crippen LogP contribution is 2.22. The van der Waals surface area contributed by atoms with Gasteiger partial charge in [0, 0.05) is 21.7 Å². The predicted molar refractivity (Wildman–Crippen MR) is 83.4 cm³/mol. The Morgan fingerprint density at radius 3 is 2.60 bits per heavy atom. The number of amides is 1. The van der Waals surface area contributed by atoms with Crippen molar-refractivity contribution >= 4 is 43.6 Å². The van der Waals surface area contributed by atoms with Crippen molar-refractivity contribution in [3.05, 3.63) is 56.9 Å². The molecule has 0 N–H and O–H groups in total. The molecule has 0 unspecified atom stereocenters. The molecule has 2 rings (SSSR count). The molecule has 0 aliphatic carbocycles. The first-order valence-electron chi connectivity index (χ1n) is 5.91. The van der Waals surface area contributed by atoms with Gasteiger partial charge in [0.05, 0.1) is 5.56 Å². The molecular weight excluding hydrogens is 391 g/mol. The van der Waals surface area contributed by atoms with Crippen molar-refractivity contribution in [2.45, 2.75) is 6.92 Å². The monoisotopic (exact) mass is 400 g/mol. The molecule has 0 saturated heterocycles. The SMILES string of the molecule is CCN(C(=O)c1ccc(F)cc1Br)c1ccc(Br)cn1. The maximum Gasteiger partial charge on any atom is 0.260 e. The molecule has 0 bridgehead atoms. The van der Waals surface area contributed by atoms with Crippen molar-refractivity contribution in [1.29, 1.82) is 0 Å². The zero-order chi connectivity index (χ0) is 14.7. The summed E-state index contributed by atoms with van der Waals surface area (Å²) in [4.78, 5) is 18.3. The van der Waals surface area contributed by atoms with Crippen LogP contribution < -0.4 is 4.90 Å². The third kappa shape index (κ3) is 3.24. The van der Waals surface area contributed by atoms with Gasteiger partial charge in [0.25, 0.3) is 5.91 Å². The Morgan fingerprint density at radius 2 is 2.05 bits per heavy atom. The molecule has 20 heavy (non-hydrogen) atoms. The van der Waals surface area contributed by atoms with Crippen molar-refractivity contribution in [2.24, 2.45) is 0 Å². The molecule has 0 fully saturated rings. The van der Waals surface area contributed by atoms with Crippen molar-refractivity contribution in [3.8, 4) is 0 Å². The summed E-state index contributed by atoms with van der Waals surface area (Å²) in [7, 11) is 0. The first-order chi connectivity index (χ1) is 9.52. The van der Waals surface area contributed by atoms with Crippen LogP contribution in [0.2, 0.25) is 0 Å². The van der Waals surface area contributed by atoms with Gasteiger partial charge in [-0.25, -0.2) is 9.37 Å². The van der Waals surface area contributed by atoms with Crippen LogP contribution in [-0.2, 0) is 0 Å². The van der Waals surface area contributed by atoms with Crippen LogP contribution in [0, 0.1) is 5.82 Å². The summed E-state index contributed by atoms with van der Waals surface area (Å²) in [6.07, 6.45) is 1.63.